The molecule has 0 bridgehead atoms. The van der Waals surface area contributed by atoms with E-state index in [4.69, 9.17) is 0 Å². The molecule has 1 nitrogen and oxygen atoms in total. The Morgan fingerprint density at radius 2 is 0.778 bits per heavy atom. The van der Waals surface area contributed by atoms with Gasteiger partial charge in [-0.2, -0.15) is 0 Å². The quantitative estimate of drug-likeness (QED) is 0.102. The van der Waals surface area contributed by atoms with Crippen LogP contribution < -0.4 is 0 Å². The summed E-state index contributed by atoms with van der Waals surface area (Å²) in [4.78, 5) is 3.75. The predicted molar refractivity (Wildman–Crippen MR) is 171 cm³/mol. The average molecular weight is 614 g/mol. The van der Waals surface area contributed by atoms with Crippen molar-refractivity contribution < 1.29 is 21.0 Å². The van der Waals surface area contributed by atoms with Gasteiger partial charge in [0.15, 0.2) is 0 Å². The monoisotopic (exact) mass is 612 g/mol. The molecule has 2 rings (SSSR count). The number of nitrogens with zero attached hydrogens (tertiary/aromatic N) is 1. The number of unbranched alkanes of at least 4 members (excludes halogenated alkanes) is 4. The number of thiol groups is 4. The minimum Gasteiger partial charge on any atom is -0.324 e. The Bertz CT molecular complexity index is 727. The molecule has 0 unspecified atom stereocenters. The molecule has 0 aliphatic rings. The van der Waals surface area contributed by atoms with E-state index in [-0.39, 0.29) is 16.5 Å². The SMILES string of the molecule is CCCC[N+](CCCC)(CCCC)CCCC.Cc1ccc(S)c(S)c1.Cc1ccc(S)c(S)c1.[Ni+3]. The van der Waals surface area contributed by atoms with Gasteiger partial charge in [-0.1, -0.05) is 65.5 Å². The number of aryl methyl sites for hydroxylation is 2. The first kappa shape index (κ1) is 38.4. The maximum absolute atomic E-state index is 4.19. The summed E-state index contributed by atoms with van der Waals surface area (Å²) in [6.45, 7) is 19.1. The van der Waals surface area contributed by atoms with Crippen molar-refractivity contribution in [2.24, 2.45) is 0 Å². The molecule has 36 heavy (non-hydrogen) atoms. The number of hydrogen-bond acceptors (Lipinski definition) is 4. The first-order valence-corrected chi connectivity index (χ1v) is 15.3. The summed E-state index contributed by atoms with van der Waals surface area (Å²) in [5.41, 5.74) is 2.44. The third-order valence-electron chi connectivity index (χ3n) is 6.21. The molecule has 0 spiro atoms. The summed E-state index contributed by atoms with van der Waals surface area (Å²) in [7, 11) is 0. The van der Waals surface area contributed by atoms with E-state index in [1.165, 1.54) is 93.2 Å². The molecule has 2 aromatic rings. The number of rotatable bonds is 12. The molecule has 0 aliphatic carbocycles. The third kappa shape index (κ3) is 17.7. The Kier molecular flexibility index (Phi) is 24.8. The molecule has 6 heteroatoms. The fraction of sp³-hybridized carbons (Fsp3) is 0.600. The Labute approximate surface area is 256 Å². The van der Waals surface area contributed by atoms with E-state index in [0.717, 1.165) is 19.6 Å². The van der Waals surface area contributed by atoms with Crippen molar-refractivity contribution in [1.82, 2.24) is 0 Å². The van der Waals surface area contributed by atoms with Gasteiger partial charge < -0.3 is 4.48 Å². The molecule has 0 aliphatic heterocycles. The van der Waals surface area contributed by atoms with E-state index in [0.29, 0.717) is 0 Å². The van der Waals surface area contributed by atoms with Gasteiger partial charge in [0, 0.05) is 19.6 Å². The second-order valence-corrected chi connectivity index (χ2v) is 11.6. The molecule has 1 radical (unpaired) electrons. The van der Waals surface area contributed by atoms with Crippen LogP contribution in [-0.4, -0.2) is 30.7 Å². The maximum atomic E-state index is 4.19. The van der Waals surface area contributed by atoms with Gasteiger partial charge in [0.05, 0.1) is 26.2 Å². The molecule has 2 aromatic carbocycles. The fourth-order valence-electron chi connectivity index (χ4n) is 3.91. The molecule has 0 saturated heterocycles. The van der Waals surface area contributed by atoms with Crippen molar-refractivity contribution in [3.63, 3.8) is 0 Å². The van der Waals surface area contributed by atoms with Gasteiger partial charge in [0.25, 0.3) is 0 Å². The van der Waals surface area contributed by atoms with E-state index < -0.39 is 0 Å². The molecule has 0 amide bonds. The molecule has 0 atom stereocenters. The minimum atomic E-state index is 0. The van der Waals surface area contributed by atoms with Crippen molar-refractivity contribution in [2.75, 3.05) is 26.2 Å². The Morgan fingerprint density at radius 3 is 0.972 bits per heavy atom. The number of quaternary nitrogens is 1. The second-order valence-electron chi connectivity index (χ2n) is 9.63. The maximum Gasteiger partial charge on any atom is 3.00 e. The standard InChI is InChI=1S/C16H36N.2C7H8S2.Ni/c1-5-9-13-17(14-10-6-2,15-11-7-3)16-12-8-4;2*1-5-2-3-6(8)7(9)4-5;/h5-16H2,1-4H3;2*2-4,8-9H,1H3;/q+1;;;+3. The van der Waals surface area contributed by atoms with Gasteiger partial charge in [-0.15, -0.1) is 50.5 Å². The van der Waals surface area contributed by atoms with Crippen LogP contribution in [0.2, 0.25) is 0 Å². The molecule has 0 heterocycles. The zero-order valence-corrected chi connectivity index (χ0v) is 28.1. The number of hydrogen-bond donors (Lipinski definition) is 4. The van der Waals surface area contributed by atoms with Crippen LogP contribution in [0.25, 0.3) is 0 Å². The minimum absolute atomic E-state index is 0. The van der Waals surface area contributed by atoms with Crippen molar-refractivity contribution in [3.05, 3.63) is 47.5 Å². The van der Waals surface area contributed by atoms with Crippen LogP contribution in [0.4, 0.5) is 0 Å². The third-order valence-corrected chi connectivity index (χ3v) is 8.08. The molecule has 0 aromatic heterocycles. The summed E-state index contributed by atoms with van der Waals surface area (Å²) in [6, 6.07) is 11.9. The van der Waals surface area contributed by atoms with Crippen molar-refractivity contribution in [3.8, 4) is 0 Å². The topological polar surface area (TPSA) is 0 Å². The van der Waals surface area contributed by atoms with Crippen molar-refractivity contribution in [2.45, 2.75) is 112 Å². The average Bonchev–Trinajstić information content (AvgIpc) is 2.84. The zero-order valence-electron chi connectivity index (χ0n) is 23.5. The van der Waals surface area contributed by atoms with Gasteiger partial charge in [0.1, 0.15) is 0 Å². The van der Waals surface area contributed by atoms with Gasteiger partial charge in [-0.05, 0) is 74.9 Å². The predicted octanol–water partition coefficient (Wildman–Crippen LogP) is 10.1. The van der Waals surface area contributed by atoms with Crippen LogP contribution >= 0.6 is 50.5 Å². The zero-order chi connectivity index (χ0) is 26.7. The summed E-state index contributed by atoms with van der Waals surface area (Å²) in [5, 5.41) is 0. The van der Waals surface area contributed by atoms with E-state index in [1.807, 2.05) is 50.2 Å². The van der Waals surface area contributed by atoms with Crippen LogP contribution in [0.5, 0.6) is 0 Å². The smallest absolute Gasteiger partial charge is 0.324 e. The first-order chi connectivity index (χ1) is 16.6. The van der Waals surface area contributed by atoms with Crippen LogP contribution in [0.3, 0.4) is 0 Å². The van der Waals surface area contributed by atoms with Crippen LogP contribution in [0.15, 0.2) is 56.0 Å². The van der Waals surface area contributed by atoms with Crippen LogP contribution in [-0.2, 0) is 16.5 Å². The van der Waals surface area contributed by atoms with Crippen LogP contribution in [0, 0.1) is 13.8 Å². The summed E-state index contributed by atoms with van der Waals surface area (Å²) < 4.78 is 1.42. The summed E-state index contributed by atoms with van der Waals surface area (Å²) in [6.07, 6.45) is 11.1. The van der Waals surface area contributed by atoms with E-state index in [9.17, 15) is 0 Å². The number of benzene rings is 2. The Morgan fingerprint density at radius 1 is 0.500 bits per heavy atom. The van der Waals surface area contributed by atoms with Gasteiger partial charge >= 0.3 is 16.5 Å². The first-order valence-electron chi connectivity index (χ1n) is 13.5. The molecule has 207 valence electrons. The largest absolute Gasteiger partial charge is 3.00 e. The normalized spacial score (nSPS) is 10.5. The van der Waals surface area contributed by atoms with Crippen molar-refractivity contribution in [1.29, 1.82) is 0 Å². The van der Waals surface area contributed by atoms with Gasteiger partial charge in [-0.25, -0.2) is 0 Å². The molecule has 0 N–H and O–H groups in total. The molecule has 0 saturated carbocycles. The van der Waals surface area contributed by atoms with Crippen LogP contribution in [0.1, 0.15) is 90.2 Å². The molecular formula is C30H52NNiS4+4. The second kappa shape index (κ2) is 23.2. The van der Waals surface area contributed by atoms with E-state index in [2.05, 4.69) is 78.2 Å². The molecular weight excluding hydrogens is 561 g/mol. The van der Waals surface area contributed by atoms with Gasteiger partial charge in [-0.3, -0.25) is 0 Å². The summed E-state index contributed by atoms with van der Waals surface area (Å²) >= 11 is 16.7. The summed E-state index contributed by atoms with van der Waals surface area (Å²) in [5.74, 6) is 0. The Balaban J connectivity index is 0. The van der Waals surface area contributed by atoms with E-state index >= 15 is 0 Å². The Hall–Kier alpha value is 0.294. The van der Waals surface area contributed by atoms with Gasteiger partial charge in [0.2, 0.25) is 0 Å². The van der Waals surface area contributed by atoms with Crippen molar-refractivity contribution >= 4 is 50.5 Å². The fourth-order valence-corrected chi connectivity index (χ4v) is 4.75. The van der Waals surface area contributed by atoms with E-state index in [1.54, 1.807) is 0 Å². The molecule has 0 fully saturated rings.